The standard InChI is InChI=1S/C12H18N4O2/c1-16(8-11(14)17)7-6-12(18)15-10-4-2-9(13)3-5-10/h2-5H,6-8,13H2,1H3,(H2,14,17)(H,15,18). The summed E-state index contributed by atoms with van der Waals surface area (Å²) in [5.74, 6) is -0.521. The van der Waals surface area contributed by atoms with Crippen LogP contribution in [0.4, 0.5) is 11.4 Å². The van der Waals surface area contributed by atoms with Gasteiger partial charge in [0.2, 0.25) is 11.8 Å². The second-order valence-corrected chi connectivity index (χ2v) is 4.12. The molecular weight excluding hydrogens is 232 g/mol. The number of benzene rings is 1. The van der Waals surface area contributed by atoms with Crippen LogP contribution in [0.3, 0.4) is 0 Å². The van der Waals surface area contributed by atoms with E-state index < -0.39 is 5.91 Å². The predicted octanol–water partition coefficient (Wildman–Crippen LogP) is 0.0145. The maximum atomic E-state index is 11.6. The van der Waals surface area contributed by atoms with Gasteiger partial charge in [0.1, 0.15) is 0 Å². The van der Waals surface area contributed by atoms with Crippen LogP contribution in [0.25, 0.3) is 0 Å². The largest absolute Gasteiger partial charge is 0.399 e. The lowest BCUT2D eigenvalue weighted by Gasteiger charge is -2.13. The molecule has 0 aromatic heterocycles. The zero-order valence-corrected chi connectivity index (χ0v) is 10.3. The van der Waals surface area contributed by atoms with Crippen molar-refractivity contribution >= 4 is 23.2 Å². The number of amides is 2. The second-order valence-electron chi connectivity index (χ2n) is 4.12. The number of hydrogen-bond donors (Lipinski definition) is 3. The van der Waals surface area contributed by atoms with Gasteiger partial charge in [0, 0.05) is 24.3 Å². The Morgan fingerprint density at radius 1 is 1.28 bits per heavy atom. The molecule has 0 aliphatic carbocycles. The van der Waals surface area contributed by atoms with E-state index in [0.29, 0.717) is 24.3 Å². The average Bonchev–Trinajstić information content (AvgIpc) is 2.29. The molecule has 0 saturated carbocycles. The molecule has 0 aliphatic rings. The SMILES string of the molecule is CN(CCC(=O)Nc1ccc(N)cc1)CC(N)=O. The molecular formula is C12H18N4O2. The van der Waals surface area contributed by atoms with Crippen LogP contribution in [0.15, 0.2) is 24.3 Å². The molecule has 18 heavy (non-hydrogen) atoms. The third kappa shape index (κ3) is 5.31. The normalized spacial score (nSPS) is 10.3. The molecule has 98 valence electrons. The summed E-state index contributed by atoms with van der Waals surface area (Å²) in [5.41, 5.74) is 11.9. The molecule has 2 amide bonds. The summed E-state index contributed by atoms with van der Waals surface area (Å²) in [5, 5.41) is 2.74. The van der Waals surface area contributed by atoms with Gasteiger partial charge < -0.3 is 16.8 Å². The molecule has 6 nitrogen and oxygen atoms in total. The first kappa shape index (κ1) is 14.0. The summed E-state index contributed by atoms with van der Waals surface area (Å²) in [4.78, 5) is 23.9. The highest BCUT2D eigenvalue weighted by Crippen LogP contribution is 2.10. The van der Waals surface area contributed by atoms with Gasteiger partial charge in [-0.1, -0.05) is 0 Å². The van der Waals surface area contributed by atoms with Gasteiger partial charge in [-0.05, 0) is 31.3 Å². The number of nitrogens with one attached hydrogen (secondary N) is 1. The zero-order chi connectivity index (χ0) is 13.5. The van der Waals surface area contributed by atoms with E-state index >= 15 is 0 Å². The topological polar surface area (TPSA) is 101 Å². The second kappa shape index (κ2) is 6.61. The van der Waals surface area contributed by atoms with Crippen LogP contribution in [0, 0.1) is 0 Å². The van der Waals surface area contributed by atoms with Crippen molar-refractivity contribution in [3.05, 3.63) is 24.3 Å². The third-order valence-corrected chi connectivity index (χ3v) is 2.34. The number of carbonyl (C=O) groups is 2. The first-order chi connectivity index (χ1) is 8.47. The van der Waals surface area contributed by atoms with Crippen LogP contribution in [-0.4, -0.2) is 36.9 Å². The van der Waals surface area contributed by atoms with Crippen LogP contribution in [0.5, 0.6) is 0 Å². The summed E-state index contributed by atoms with van der Waals surface area (Å²) < 4.78 is 0. The summed E-state index contributed by atoms with van der Waals surface area (Å²) in [6, 6.07) is 6.91. The average molecular weight is 250 g/mol. The Morgan fingerprint density at radius 2 is 1.89 bits per heavy atom. The van der Waals surface area contributed by atoms with Gasteiger partial charge in [-0.3, -0.25) is 14.5 Å². The van der Waals surface area contributed by atoms with Crippen molar-refractivity contribution in [2.45, 2.75) is 6.42 Å². The minimum atomic E-state index is -0.406. The fourth-order valence-electron chi connectivity index (χ4n) is 1.43. The van der Waals surface area contributed by atoms with E-state index in [-0.39, 0.29) is 12.5 Å². The molecule has 1 aromatic carbocycles. The van der Waals surface area contributed by atoms with E-state index in [1.165, 1.54) is 0 Å². The first-order valence-electron chi connectivity index (χ1n) is 5.59. The lowest BCUT2D eigenvalue weighted by atomic mass is 10.2. The number of likely N-dealkylation sites (N-methyl/N-ethyl adjacent to an activating group) is 1. The molecule has 0 aliphatic heterocycles. The van der Waals surface area contributed by atoms with E-state index in [4.69, 9.17) is 11.5 Å². The lowest BCUT2D eigenvalue weighted by Crippen LogP contribution is -2.32. The smallest absolute Gasteiger partial charge is 0.231 e. The number of rotatable bonds is 6. The van der Waals surface area contributed by atoms with Gasteiger partial charge in [-0.15, -0.1) is 0 Å². The van der Waals surface area contributed by atoms with E-state index in [1.807, 2.05) is 0 Å². The molecule has 1 rings (SSSR count). The molecule has 0 fully saturated rings. The van der Waals surface area contributed by atoms with Crippen LogP contribution in [-0.2, 0) is 9.59 Å². The van der Waals surface area contributed by atoms with Gasteiger partial charge in [0.25, 0.3) is 0 Å². The van der Waals surface area contributed by atoms with Crippen LogP contribution in [0.2, 0.25) is 0 Å². The van der Waals surface area contributed by atoms with Gasteiger partial charge in [-0.2, -0.15) is 0 Å². The zero-order valence-electron chi connectivity index (χ0n) is 10.3. The Balaban J connectivity index is 2.33. The number of nitrogens with two attached hydrogens (primary N) is 2. The van der Waals surface area contributed by atoms with Crippen LogP contribution in [0.1, 0.15) is 6.42 Å². The Bertz CT molecular complexity index is 417. The molecule has 0 unspecified atom stereocenters. The monoisotopic (exact) mass is 250 g/mol. The minimum absolute atomic E-state index is 0.115. The molecule has 0 bridgehead atoms. The van der Waals surface area contributed by atoms with E-state index in [9.17, 15) is 9.59 Å². The van der Waals surface area contributed by atoms with E-state index in [2.05, 4.69) is 5.32 Å². The fraction of sp³-hybridized carbons (Fsp3) is 0.333. The molecule has 0 saturated heterocycles. The van der Waals surface area contributed by atoms with Gasteiger partial charge in [0.05, 0.1) is 6.54 Å². The number of nitrogen functional groups attached to an aromatic ring is 1. The third-order valence-electron chi connectivity index (χ3n) is 2.34. The Labute approximate surface area is 106 Å². The van der Waals surface area contributed by atoms with Gasteiger partial charge in [0.15, 0.2) is 0 Å². The molecule has 1 aromatic rings. The maximum Gasteiger partial charge on any atom is 0.231 e. The Morgan fingerprint density at radius 3 is 2.44 bits per heavy atom. The highest BCUT2D eigenvalue weighted by Gasteiger charge is 2.06. The van der Waals surface area contributed by atoms with Crippen molar-refractivity contribution in [1.29, 1.82) is 0 Å². The van der Waals surface area contributed by atoms with Crippen molar-refractivity contribution in [3.8, 4) is 0 Å². The summed E-state index contributed by atoms with van der Waals surface area (Å²) >= 11 is 0. The maximum absolute atomic E-state index is 11.6. The summed E-state index contributed by atoms with van der Waals surface area (Å²) in [6.45, 7) is 0.624. The number of nitrogens with zero attached hydrogens (tertiary/aromatic N) is 1. The summed E-state index contributed by atoms with van der Waals surface area (Å²) in [7, 11) is 1.74. The van der Waals surface area contributed by atoms with Crippen molar-refractivity contribution < 1.29 is 9.59 Å². The summed E-state index contributed by atoms with van der Waals surface area (Å²) in [6.07, 6.45) is 0.300. The molecule has 0 atom stereocenters. The number of carbonyl (C=O) groups excluding carboxylic acids is 2. The lowest BCUT2D eigenvalue weighted by molar-refractivity contribution is -0.120. The predicted molar refractivity (Wildman–Crippen MR) is 70.8 cm³/mol. The molecule has 0 spiro atoms. The molecule has 5 N–H and O–H groups in total. The van der Waals surface area contributed by atoms with Crippen molar-refractivity contribution in [2.75, 3.05) is 31.2 Å². The van der Waals surface area contributed by atoms with Crippen LogP contribution >= 0.6 is 0 Å². The van der Waals surface area contributed by atoms with Gasteiger partial charge >= 0.3 is 0 Å². The number of hydrogen-bond acceptors (Lipinski definition) is 4. The Kier molecular flexibility index (Phi) is 5.13. The van der Waals surface area contributed by atoms with E-state index in [1.54, 1.807) is 36.2 Å². The fourth-order valence-corrected chi connectivity index (χ4v) is 1.43. The quantitative estimate of drug-likeness (QED) is 0.619. The highest BCUT2D eigenvalue weighted by atomic mass is 16.2. The van der Waals surface area contributed by atoms with Crippen molar-refractivity contribution in [1.82, 2.24) is 4.90 Å². The highest BCUT2D eigenvalue weighted by molar-refractivity contribution is 5.91. The number of anilines is 2. The number of primary amides is 1. The molecule has 0 radical (unpaired) electrons. The van der Waals surface area contributed by atoms with Crippen LogP contribution < -0.4 is 16.8 Å². The van der Waals surface area contributed by atoms with E-state index in [0.717, 1.165) is 0 Å². The Hall–Kier alpha value is -2.08. The molecule has 0 heterocycles. The first-order valence-corrected chi connectivity index (χ1v) is 5.59. The molecule has 6 heteroatoms. The van der Waals surface area contributed by atoms with Crippen molar-refractivity contribution in [3.63, 3.8) is 0 Å². The van der Waals surface area contributed by atoms with Gasteiger partial charge in [-0.25, -0.2) is 0 Å². The van der Waals surface area contributed by atoms with Crippen molar-refractivity contribution in [2.24, 2.45) is 5.73 Å². The minimum Gasteiger partial charge on any atom is -0.399 e.